The van der Waals surface area contributed by atoms with E-state index in [1.165, 1.54) is 17.4 Å². The quantitative estimate of drug-likeness (QED) is 0.847. The highest BCUT2D eigenvalue weighted by molar-refractivity contribution is 7.88. The minimum atomic E-state index is -3.09. The van der Waals surface area contributed by atoms with Gasteiger partial charge in [-0.15, -0.1) is 0 Å². The molecule has 0 spiro atoms. The smallest absolute Gasteiger partial charge is 0.211 e. The SMILES string of the molecule is Cc1cc(N)ccc1CN1CCN(S(C)(=O)=O)[C@@H](C)C1. The predicted molar refractivity (Wildman–Crippen MR) is 81.9 cm³/mol. The van der Waals surface area contributed by atoms with Crippen molar-refractivity contribution in [3.63, 3.8) is 0 Å². The van der Waals surface area contributed by atoms with Crippen molar-refractivity contribution in [3.05, 3.63) is 29.3 Å². The molecule has 1 atom stereocenters. The Bertz CT molecular complexity index is 586. The summed E-state index contributed by atoms with van der Waals surface area (Å²) in [5.41, 5.74) is 8.97. The number of rotatable bonds is 3. The molecule has 0 amide bonds. The Hall–Kier alpha value is -1.11. The molecule has 5 nitrogen and oxygen atoms in total. The van der Waals surface area contributed by atoms with Crippen molar-refractivity contribution in [1.82, 2.24) is 9.21 Å². The van der Waals surface area contributed by atoms with Gasteiger partial charge in [-0.2, -0.15) is 4.31 Å². The molecule has 0 aliphatic carbocycles. The zero-order valence-corrected chi connectivity index (χ0v) is 13.2. The first kappa shape index (κ1) is 15.3. The molecule has 1 aromatic rings. The van der Waals surface area contributed by atoms with Crippen LogP contribution in [0.3, 0.4) is 0 Å². The summed E-state index contributed by atoms with van der Waals surface area (Å²) in [7, 11) is -3.09. The summed E-state index contributed by atoms with van der Waals surface area (Å²) in [5.74, 6) is 0. The maximum Gasteiger partial charge on any atom is 0.211 e. The average Bonchev–Trinajstić information content (AvgIpc) is 2.31. The third kappa shape index (κ3) is 3.50. The first-order chi connectivity index (χ1) is 9.27. The fourth-order valence-corrected chi connectivity index (χ4v) is 3.92. The van der Waals surface area contributed by atoms with Gasteiger partial charge < -0.3 is 5.73 Å². The van der Waals surface area contributed by atoms with Crippen LogP contribution in [0.4, 0.5) is 5.69 Å². The molecule has 0 unspecified atom stereocenters. The fourth-order valence-electron chi connectivity index (χ4n) is 2.79. The van der Waals surface area contributed by atoms with Gasteiger partial charge in [0.25, 0.3) is 0 Å². The van der Waals surface area contributed by atoms with Gasteiger partial charge in [0.15, 0.2) is 0 Å². The minimum Gasteiger partial charge on any atom is -0.399 e. The van der Waals surface area contributed by atoms with Gasteiger partial charge in [0.1, 0.15) is 0 Å². The number of nitrogen functional groups attached to an aromatic ring is 1. The lowest BCUT2D eigenvalue weighted by Crippen LogP contribution is -2.53. The Morgan fingerprint density at radius 3 is 2.60 bits per heavy atom. The van der Waals surface area contributed by atoms with E-state index in [9.17, 15) is 8.42 Å². The van der Waals surface area contributed by atoms with E-state index in [0.717, 1.165) is 25.3 Å². The van der Waals surface area contributed by atoms with Gasteiger partial charge in [-0.3, -0.25) is 4.90 Å². The van der Waals surface area contributed by atoms with Crippen molar-refractivity contribution < 1.29 is 8.42 Å². The molecule has 1 fully saturated rings. The van der Waals surface area contributed by atoms with E-state index >= 15 is 0 Å². The first-order valence-corrected chi connectivity index (χ1v) is 8.66. The van der Waals surface area contributed by atoms with Crippen molar-refractivity contribution in [2.45, 2.75) is 26.4 Å². The molecular weight excluding hydrogens is 274 g/mol. The van der Waals surface area contributed by atoms with Gasteiger partial charge in [0.05, 0.1) is 6.26 Å². The summed E-state index contributed by atoms with van der Waals surface area (Å²) in [5, 5.41) is 0. The van der Waals surface area contributed by atoms with Crippen LogP contribution in [0.5, 0.6) is 0 Å². The summed E-state index contributed by atoms with van der Waals surface area (Å²) < 4.78 is 24.9. The normalized spacial score (nSPS) is 22.1. The average molecular weight is 297 g/mol. The zero-order valence-electron chi connectivity index (χ0n) is 12.3. The topological polar surface area (TPSA) is 66.6 Å². The molecule has 20 heavy (non-hydrogen) atoms. The minimum absolute atomic E-state index is 0.0211. The molecule has 0 saturated carbocycles. The van der Waals surface area contributed by atoms with E-state index < -0.39 is 10.0 Å². The van der Waals surface area contributed by atoms with Crippen LogP contribution in [0, 0.1) is 6.92 Å². The lowest BCUT2D eigenvalue weighted by Gasteiger charge is -2.38. The second kappa shape index (κ2) is 5.71. The summed E-state index contributed by atoms with van der Waals surface area (Å²) in [6, 6.07) is 5.97. The second-order valence-corrected chi connectivity index (χ2v) is 7.58. The Labute approximate surface area is 121 Å². The van der Waals surface area contributed by atoms with Gasteiger partial charge >= 0.3 is 0 Å². The summed E-state index contributed by atoms with van der Waals surface area (Å²) in [6.07, 6.45) is 1.28. The van der Waals surface area contributed by atoms with E-state index in [2.05, 4.69) is 17.9 Å². The number of nitrogens with two attached hydrogens (primary N) is 1. The molecule has 1 aliphatic rings. The highest BCUT2D eigenvalue weighted by atomic mass is 32.2. The third-order valence-corrected chi connectivity index (χ3v) is 5.23. The Morgan fingerprint density at radius 2 is 2.05 bits per heavy atom. The number of nitrogens with zero attached hydrogens (tertiary/aromatic N) is 2. The van der Waals surface area contributed by atoms with E-state index in [0.29, 0.717) is 6.54 Å². The molecule has 1 saturated heterocycles. The number of hydrogen-bond donors (Lipinski definition) is 1. The molecule has 1 aliphatic heterocycles. The Balaban J connectivity index is 2.03. The molecule has 6 heteroatoms. The molecule has 1 heterocycles. The van der Waals surface area contributed by atoms with Gasteiger partial charge in [0.2, 0.25) is 10.0 Å². The maximum absolute atomic E-state index is 11.6. The number of benzene rings is 1. The molecule has 0 aromatic heterocycles. The van der Waals surface area contributed by atoms with Crippen molar-refractivity contribution in [2.24, 2.45) is 0 Å². The molecular formula is C14H23N3O2S. The van der Waals surface area contributed by atoms with Crippen molar-refractivity contribution in [2.75, 3.05) is 31.6 Å². The van der Waals surface area contributed by atoms with Crippen LogP contribution in [0.2, 0.25) is 0 Å². The van der Waals surface area contributed by atoms with Gasteiger partial charge in [-0.05, 0) is 37.1 Å². The van der Waals surface area contributed by atoms with Crippen molar-refractivity contribution in [1.29, 1.82) is 0 Å². The molecule has 112 valence electrons. The van der Waals surface area contributed by atoms with E-state index in [-0.39, 0.29) is 6.04 Å². The van der Waals surface area contributed by atoms with Gasteiger partial charge in [0, 0.05) is 37.9 Å². The molecule has 2 rings (SSSR count). The van der Waals surface area contributed by atoms with Gasteiger partial charge in [-0.1, -0.05) is 6.07 Å². The first-order valence-electron chi connectivity index (χ1n) is 6.81. The van der Waals surface area contributed by atoms with Crippen molar-refractivity contribution in [3.8, 4) is 0 Å². The number of aryl methyl sites for hydroxylation is 1. The van der Waals surface area contributed by atoms with E-state index in [1.54, 1.807) is 4.31 Å². The van der Waals surface area contributed by atoms with E-state index in [4.69, 9.17) is 5.73 Å². The third-order valence-electron chi connectivity index (χ3n) is 3.84. The van der Waals surface area contributed by atoms with Crippen LogP contribution in [0.15, 0.2) is 18.2 Å². The highest BCUT2D eigenvalue weighted by Crippen LogP contribution is 2.18. The monoisotopic (exact) mass is 297 g/mol. The lowest BCUT2D eigenvalue weighted by atomic mass is 10.1. The Kier molecular flexibility index (Phi) is 4.36. The molecule has 0 radical (unpaired) electrons. The van der Waals surface area contributed by atoms with Crippen LogP contribution in [-0.2, 0) is 16.6 Å². The largest absolute Gasteiger partial charge is 0.399 e. The number of hydrogen-bond acceptors (Lipinski definition) is 4. The lowest BCUT2D eigenvalue weighted by molar-refractivity contribution is 0.138. The second-order valence-electron chi connectivity index (χ2n) is 5.64. The Morgan fingerprint density at radius 1 is 1.35 bits per heavy atom. The zero-order chi connectivity index (χ0) is 14.9. The van der Waals surface area contributed by atoms with Crippen LogP contribution < -0.4 is 5.73 Å². The number of anilines is 1. The standard InChI is InChI=1S/C14H23N3O2S/c1-11-8-14(15)5-4-13(11)10-16-6-7-17(12(2)9-16)20(3,18)19/h4-5,8,12H,6-7,9-10,15H2,1-3H3/t12-/m0/s1. The number of sulfonamides is 1. The van der Waals surface area contributed by atoms with E-state index in [1.807, 2.05) is 19.1 Å². The highest BCUT2D eigenvalue weighted by Gasteiger charge is 2.29. The summed E-state index contributed by atoms with van der Waals surface area (Å²) in [6.45, 7) is 6.95. The summed E-state index contributed by atoms with van der Waals surface area (Å²) in [4.78, 5) is 2.30. The predicted octanol–water partition coefficient (Wildman–Crippen LogP) is 1.04. The fraction of sp³-hybridized carbons (Fsp3) is 0.571. The van der Waals surface area contributed by atoms with Gasteiger partial charge in [-0.25, -0.2) is 8.42 Å². The number of piperazine rings is 1. The van der Waals surface area contributed by atoms with Crippen LogP contribution >= 0.6 is 0 Å². The van der Waals surface area contributed by atoms with Crippen LogP contribution in [0.25, 0.3) is 0 Å². The van der Waals surface area contributed by atoms with Crippen LogP contribution in [0.1, 0.15) is 18.1 Å². The van der Waals surface area contributed by atoms with Crippen molar-refractivity contribution >= 4 is 15.7 Å². The molecule has 1 aromatic carbocycles. The summed E-state index contributed by atoms with van der Waals surface area (Å²) >= 11 is 0. The maximum atomic E-state index is 11.6. The molecule has 2 N–H and O–H groups in total. The van der Waals surface area contributed by atoms with Crippen LogP contribution in [-0.4, -0.2) is 49.6 Å². The molecule has 0 bridgehead atoms.